The summed E-state index contributed by atoms with van der Waals surface area (Å²) in [4.78, 5) is 16.7. The van der Waals surface area contributed by atoms with Crippen molar-refractivity contribution < 1.29 is 13.9 Å². The number of halogens is 1. The van der Waals surface area contributed by atoms with E-state index < -0.39 is 0 Å². The van der Waals surface area contributed by atoms with Gasteiger partial charge in [-0.1, -0.05) is 25.0 Å². The first-order chi connectivity index (χ1) is 12.6. The number of carbonyl (C=O) groups excluding carboxylic acids is 1. The highest BCUT2D eigenvalue weighted by Crippen LogP contribution is 2.37. The van der Waals surface area contributed by atoms with Crippen LogP contribution in [-0.4, -0.2) is 62.3 Å². The van der Waals surface area contributed by atoms with Gasteiger partial charge >= 0.3 is 6.03 Å². The zero-order chi connectivity index (χ0) is 18.4. The largest absolute Gasteiger partial charge is 0.384 e. The highest BCUT2D eigenvalue weighted by molar-refractivity contribution is 5.74. The fraction of sp³-hybridized carbons (Fsp3) is 0.650. The Labute approximate surface area is 155 Å². The van der Waals surface area contributed by atoms with Crippen LogP contribution >= 0.6 is 0 Å². The molecule has 1 aromatic carbocycles. The number of piperazine rings is 1. The average Bonchev–Trinajstić information content (AvgIpc) is 3.11. The van der Waals surface area contributed by atoms with Gasteiger partial charge in [-0.05, 0) is 30.5 Å². The van der Waals surface area contributed by atoms with Gasteiger partial charge in [0.15, 0.2) is 0 Å². The molecule has 1 saturated carbocycles. The standard InChI is InChI=1S/C20H30FN3O2/c1-26-16-20(8-2-3-9-20)15-22-19(25)24-12-10-23(11-13-24)14-17-4-6-18(21)7-5-17/h4-7H,2-3,8-16H2,1H3,(H,22,25). The summed E-state index contributed by atoms with van der Waals surface area (Å²) < 4.78 is 18.4. The van der Waals surface area contributed by atoms with Crippen LogP contribution in [0.1, 0.15) is 31.2 Å². The Morgan fingerprint density at radius 1 is 1.15 bits per heavy atom. The van der Waals surface area contributed by atoms with E-state index in [9.17, 15) is 9.18 Å². The van der Waals surface area contributed by atoms with Crippen LogP contribution in [-0.2, 0) is 11.3 Å². The summed E-state index contributed by atoms with van der Waals surface area (Å²) >= 11 is 0. The number of ether oxygens (including phenoxy) is 1. The second-order valence-electron chi connectivity index (χ2n) is 7.69. The van der Waals surface area contributed by atoms with Crippen LogP contribution in [0, 0.1) is 11.2 Å². The van der Waals surface area contributed by atoms with Gasteiger partial charge in [0.1, 0.15) is 5.82 Å². The molecule has 1 N–H and O–H groups in total. The third-order valence-electron chi connectivity index (χ3n) is 5.71. The quantitative estimate of drug-likeness (QED) is 0.845. The molecule has 2 fully saturated rings. The SMILES string of the molecule is COCC1(CNC(=O)N2CCN(Cc3ccc(F)cc3)CC2)CCCC1. The van der Waals surface area contributed by atoms with E-state index >= 15 is 0 Å². The molecule has 1 saturated heterocycles. The van der Waals surface area contributed by atoms with E-state index in [0.717, 1.165) is 57.7 Å². The Morgan fingerprint density at radius 2 is 1.81 bits per heavy atom. The molecule has 5 nitrogen and oxygen atoms in total. The van der Waals surface area contributed by atoms with Crippen LogP contribution in [0.4, 0.5) is 9.18 Å². The summed E-state index contributed by atoms with van der Waals surface area (Å²) in [5.74, 6) is -0.205. The van der Waals surface area contributed by atoms with Crippen molar-refractivity contribution in [2.45, 2.75) is 32.2 Å². The van der Waals surface area contributed by atoms with Crippen LogP contribution < -0.4 is 5.32 Å². The number of hydrogen-bond acceptors (Lipinski definition) is 3. The number of carbonyl (C=O) groups is 1. The smallest absolute Gasteiger partial charge is 0.317 e. The summed E-state index contributed by atoms with van der Waals surface area (Å²) in [5, 5.41) is 3.14. The predicted octanol–water partition coefficient (Wildman–Crippen LogP) is 2.86. The molecule has 0 aromatic heterocycles. The summed E-state index contributed by atoms with van der Waals surface area (Å²) in [5.41, 5.74) is 1.22. The maximum atomic E-state index is 13.0. The number of nitrogens with one attached hydrogen (secondary N) is 1. The molecule has 1 aromatic rings. The minimum absolute atomic E-state index is 0.0359. The van der Waals surface area contributed by atoms with Crippen LogP contribution in [0.15, 0.2) is 24.3 Å². The molecular weight excluding hydrogens is 333 g/mol. The van der Waals surface area contributed by atoms with Gasteiger partial charge in [-0.2, -0.15) is 0 Å². The molecule has 3 rings (SSSR count). The monoisotopic (exact) mass is 363 g/mol. The molecule has 2 amide bonds. The Balaban J connectivity index is 1.42. The van der Waals surface area contributed by atoms with Crippen LogP contribution in [0.5, 0.6) is 0 Å². The predicted molar refractivity (Wildman–Crippen MR) is 99.4 cm³/mol. The van der Waals surface area contributed by atoms with Crippen molar-refractivity contribution >= 4 is 6.03 Å². The minimum atomic E-state index is -0.205. The second kappa shape index (κ2) is 8.82. The van der Waals surface area contributed by atoms with E-state index in [4.69, 9.17) is 4.74 Å². The van der Waals surface area contributed by atoms with E-state index in [1.54, 1.807) is 7.11 Å². The molecule has 6 heteroatoms. The maximum Gasteiger partial charge on any atom is 0.317 e. The van der Waals surface area contributed by atoms with E-state index in [1.807, 2.05) is 17.0 Å². The van der Waals surface area contributed by atoms with Crippen LogP contribution in [0.25, 0.3) is 0 Å². The average molecular weight is 363 g/mol. The van der Waals surface area contributed by atoms with Crippen molar-refractivity contribution in [2.24, 2.45) is 5.41 Å². The number of methoxy groups -OCH3 is 1. The van der Waals surface area contributed by atoms with Gasteiger partial charge in [0.25, 0.3) is 0 Å². The molecule has 0 radical (unpaired) electrons. The first-order valence-electron chi connectivity index (χ1n) is 9.59. The van der Waals surface area contributed by atoms with Gasteiger partial charge in [0, 0.05) is 51.8 Å². The van der Waals surface area contributed by atoms with E-state index in [-0.39, 0.29) is 17.3 Å². The fourth-order valence-corrected chi connectivity index (χ4v) is 4.14. The molecule has 1 aliphatic carbocycles. The summed E-state index contributed by atoms with van der Waals surface area (Å²) in [6, 6.07) is 6.68. The van der Waals surface area contributed by atoms with Crippen molar-refractivity contribution in [1.82, 2.24) is 15.1 Å². The minimum Gasteiger partial charge on any atom is -0.384 e. The maximum absolute atomic E-state index is 13.0. The third kappa shape index (κ3) is 4.95. The first kappa shape index (κ1) is 19.1. The van der Waals surface area contributed by atoms with Crippen molar-refractivity contribution in [3.05, 3.63) is 35.6 Å². The molecule has 1 aliphatic heterocycles. The molecule has 0 spiro atoms. The zero-order valence-corrected chi connectivity index (χ0v) is 15.7. The van der Waals surface area contributed by atoms with Gasteiger partial charge in [0.05, 0.1) is 6.61 Å². The number of benzene rings is 1. The van der Waals surface area contributed by atoms with E-state index in [1.165, 1.54) is 25.0 Å². The van der Waals surface area contributed by atoms with Gasteiger partial charge < -0.3 is 15.0 Å². The van der Waals surface area contributed by atoms with Crippen molar-refractivity contribution in [3.8, 4) is 0 Å². The molecular formula is C20H30FN3O2. The zero-order valence-electron chi connectivity index (χ0n) is 15.7. The molecule has 144 valence electrons. The van der Waals surface area contributed by atoms with Crippen molar-refractivity contribution in [3.63, 3.8) is 0 Å². The van der Waals surface area contributed by atoms with E-state index in [2.05, 4.69) is 10.2 Å². The Kier molecular flexibility index (Phi) is 6.48. The molecule has 2 aliphatic rings. The number of nitrogens with zero attached hydrogens (tertiary/aromatic N) is 2. The normalized spacial score (nSPS) is 20.3. The highest BCUT2D eigenvalue weighted by Gasteiger charge is 2.34. The first-order valence-corrected chi connectivity index (χ1v) is 9.59. The summed E-state index contributed by atoms with van der Waals surface area (Å²) in [6.07, 6.45) is 4.71. The number of urea groups is 1. The Morgan fingerprint density at radius 3 is 2.42 bits per heavy atom. The van der Waals surface area contributed by atoms with Gasteiger partial charge in [0.2, 0.25) is 0 Å². The Hall–Kier alpha value is -1.66. The molecule has 0 atom stereocenters. The number of hydrogen-bond donors (Lipinski definition) is 1. The van der Waals surface area contributed by atoms with Gasteiger partial charge in [-0.3, -0.25) is 4.90 Å². The highest BCUT2D eigenvalue weighted by atomic mass is 19.1. The summed E-state index contributed by atoms with van der Waals surface area (Å²) in [7, 11) is 1.74. The van der Waals surface area contributed by atoms with E-state index in [0.29, 0.717) is 6.54 Å². The fourth-order valence-electron chi connectivity index (χ4n) is 4.14. The topological polar surface area (TPSA) is 44.8 Å². The lowest BCUT2D eigenvalue weighted by Crippen LogP contribution is -2.53. The third-order valence-corrected chi connectivity index (χ3v) is 5.71. The molecule has 26 heavy (non-hydrogen) atoms. The lowest BCUT2D eigenvalue weighted by Gasteiger charge is -2.36. The number of amides is 2. The Bertz CT molecular complexity index is 579. The number of rotatable bonds is 6. The molecule has 0 unspecified atom stereocenters. The summed E-state index contributed by atoms with van der Waals surface area (Å²) in [6.45, 7) is 5.36. The van der Waals surface area contributed by atoms with Gasteiger partial charge in [-0.25, -0.2) is 9.18 Å². The van der Waals surface area contributed by atoms with Crippen LogP contribution in [0.3, 0.4) is 0 Å². The van der Waals surface area contributed by atoms with Gasteiger partial charge in [-0.15, -0.1) is 0 Å². The van der Waals surface area contributed by atoms with Crippen molar-refractivity contribution in [2.75, 3.05) is 46.4 Å². The second-order valence-corrected chi connectivity index (χ2v) is 7.69. The van der Waals surface area contributed by atoms with Crippen LogP contribution in [0.2, 0.25) is 0 Å². The lowest BCUT2D eigenvalue weighted by molar-refractivity contribution is 0.0806. The molecule has 1 heterocycles. The molecule has 0 bridgehead atoms. The lowest BCUT2D eigenvalue weighted by atomic mass is 9.87. The van der Waals surface area contributed by atoms with Crippen molar-refractivity contribution in [1.29, 1.82) is 0 Å².